The zero-order chi connectivity index (χ0) is 23.2. The van der Waals surface area contributed by atoms with Crippen molar-refractivity contribution in [1.29, 1.82) is 0 Å². The van der Waals surface area contributed by atoms with Gasteiger partial charge in [-0.05, 0) is 55.0 Å². The second kappa shape index (κ2) is 9.99. The number of carbonyl (C=O) groups is 3. The Balaban J connectivity index is 1.33. The first-order chi connectivity index (χ1) is 16.0. The number of nitrogens with zero attached hydrogens (tertiary/aromatic N) is 1. The van der Waals surface area contributed by atoms with Gasteiger partial charge in [-0.15, -0.1) is 0 Å². The van der Waals surface area contributed by atoms with Gasteiger partial charge in [-0.2, -0.15) is 0 Å². The summed E-state index contributed by atoms with van der Waals surface area (Å²) in [5.74, 6) is 0.636. The summed E-state index contributed by atoms with van der Waals surface area (Å²) >= 11 is 0. The smallest absolute Gasteiger partial charge is 0.265 e. The van der Waals surface area contributed by atoms with Gasteiger partial charge in [-0.1, -0.05) is 30.3 Å². The zero-order valence-corrected chi connectivity index (χ0v) is 18.2. The number of hydrogen-bond acceptors (Lipinski definition) is 5. The molecule has 0 aliphatic carbocycles. The second-order valence-electron chi connectivity index (χ2n) is 7.67. The van der Waals surface area contributed by atoms with Crippen molar-refractivity contribution in [2.45, 2.75) is 20.0 Å². The number of nitrogens with one attached hydrogen (secondary N) is 1. The predicted octanol–water partition coefficient (Wildman–Crippen LogP) is 4.22. The van der Waals surface area contributed by atoms with E-state index in [1.54, 1.807) is 42.5 Å². The standard InChI is InChI=1S/C26H24N2O5/c1-18(29)20-7-12-24-23(15-20)28(26(31)17-33-24)14-13-25(30)27-21-8-10-22(11-9-21)32-16-19-5-3-2-4-6-19/h2-12,15H,13-14,16-17H2,1H3,(H,27,30). The minimum atomic E-state index is -0.254. The van der Waals surface area contributed by atoms with Crippen LogP contribution < -0.4 is 19.7 Å². The highest BCUT2D eigenvalue weighted by molar-refractivity contribution is 6.02. The van der Waals surface area contributed by atoms with Crippen LogP contribution in [0.5, 0.6) is 11.5 Å². The molecule has 7 nitrogen and oxygen atoms in total. The summed E-state index contributed by atoms with van der Waals surface area (Å²) in [6.07, 6.45) is 0.0989. The quantitative estimate of drug-likeness (QED) is 0.526. The maximum absolute atomic E-state index is 12.5. The van der Waals surface area contributed by atoms with Crippen LogP contribution in [0.1, 0.15) is 29.3 Å². The molecule has 1 N–H and O–H groups in total. The number of anilines is 2. The molecular weight excluding hydrogens is 420 g/mol. The molecule has 0 atom stereocenters. The Hall–Kier alpha value is -4.13. The van der Waals surface area contributed by atoms with E-state index < -0.39 is 0 Å². The third-order valence-corrected chi connectivity index (χ3v) is 5.26. The van der Waals surface area contributed by atoms with E-state index in [1.807, 2.05) is 30.3 Å². The SMILES string of the molecule is CC(=O)c1ccc2c(c1)N(CCC(=O)Nc1ccc(OCc3ccccc3)cc1)C(=O)CO2. The fraction of sp³-hybridized carbons (Fsp3) is 0.192. The van der Waals surface area contributed by atoms with Gasteiger partial charge in [0.1, 0.15) is 18.1 Å². The van der Waals surface area contributed by atoms with Gasteiger partial charge in [0.15, 0.2) is 12.4 Å². The fourth-order valence-corrected chi connectivity index (χ4v) is 3.48. The Bertz CT molecular complexity index is 1160. The van der Waals surface area contributed by atoms with E-state index in [0.717, 1.165) is 5.56 Å². The molecule has 0 spiro atoms. The van der Waals surface area contributed by atoms with Gasteiger partial charge in [0.2, 0.25) is 5.91 Å². The van der Waals surface area contributed by atoms with Crippen LogP contribution in [0.3, 0.4) is 0 Å². The summed E-state index contributed by atoms with van der Waals surface area (Å²) in [5, 5.41) is 2.83. The molecule has 168 valence electrons. The molecule has 1 aliphatic heterocycles. The molecule has 33 heavy (non-hydrogen) atoms. The van der Waals surface area contributed by atoms with E-state index in [1.165, 1.54) is 11.8 Å². The van der Waals surface area contributed by atoms with E-state index in [2.05, 4.69) is 5.32 Å². The van der Waals surface area contributed by atoms with Crippen LogP contribution in [-0.4, -0.2) is 30.7 Å². The van der Waals surface area contributed by atoms with Gasteiger partial charge < -0.3 is 19.7 Å². The van der Waals surface area contributed by atoms with Gasteiger partial charge in [0.05, 0.1) is 5.69 Å². The topological polar surface area (TPSA) is 84.9 Å². The molecule has 0 radical (unpaired) electrons. The van der Waals surface area contributed by atoms with Crippen molar-refractivity contribution in [2.75, 3.05) is 23.4 Å². The first kappa shape index (κ1) is 22.1. The number of ketones is 1. The Kier molecular flexibility index (Phi) is 6.69. The van der Waals surface area contributed by atoms with Crippen molar-refractivity contribution in [2.24, 2.45) is 0 Å². The van der Waals surface area contributed by atoms with Crippen LogP contribution in [0.25, 0.3) is 0 Å². The largest absolute Gasteiger partial charge is 0.489 e. The number of fused-ring (bicyclic) bond motifs is 1. The molecule has 0 saturated carbocycles. The van der Waals surface area contributed by atoms with Crippen LogP contribution in [-0.2, 0) is 16.2 Å². The van der Waals surface area contributed by atoms with Crippen molar-refractivity contribution in [3.63, 3.8) is 0 Å². The van der Waals surface area contributed by atoms with Gasteiger partial charge in [0.25, 0.3) is 5.91 Å². The molecule has 0 unspecified atom stereocenters. The number of benzene rings is 3. The van der Waals surface area contributed by atoms with Gasteiger partial charge >= 0.3 is 0 Å². The molecular formula is C26H24N2O5. The number of hydrogen-bond donors (Lipinski definition) is 1. The Morgan fingerprint density at radius 3 is 2.52 bits per heavy atom. The summed E-state index contributed by atoms with van der Waals surface area (Å²) in [6.45, 7) is 2.01. The number of amides is 2. The molecule has 2 amide bonds. The summed E-state index contributed by atoms with van der Waals surface area (Å²) in [5.41, 5.74) is 2.70. The lowest BCUT2D eigenvalue weighted by atomic mass is 10.1. The van der Waals surface area contributed by atoms with E-state index in [-0.39, 0.29) is 37.2 Å². The molecule has 0 saturated heterocycles. The third kappa shape index (κ3) is 5.57. The molecule has 0 bridgehead atoms. The molecule has 1 heterocycles. The highest BCUT2D eigenvalue weighted by atomic mass is 16.5. The highest BCUT2D eigenvalue weighted by Crippen LogP contribution is 2.33. The highest BCUT2D eigenvalue weighted by Gasteiger charge is 2.26. The first-order valence-electron chi connectivity index (χ1n) is 10.6. The maximum Gasteiger partial charge on any atom is 0.265 e. The minimum Gasteiger partial charge on any atom is -0.489 e. The van der Waals surface area contributed by atoms with Crippen LogP contribution in [0.15, 0.2) is 72.8 Å². The molecule has 0 fully saturated rings. The predicted molar refractivity (Wildman–Crippen MR) is 125 cm³/mol. The lowest BCUT2D eigenvalue weighted by molar-refractivity contribution is -0.121. The normalized spacial score (nSPS) is 12.5. The zero-order valence-electron chi connectivity index (χ0n) is 18.2. The molecule has 1 aliphatic rings. The van der Waals surface area contributed by atoms with Crippen molar-refractivity contribution in [1.82, 2.24) is 0 Å². The molecule has 0 aromatic heterocycles. The van der Waals surface area contributed by atoms with Crippen molar-refractivity contribution < 1.29 is 23.9 Å². The van der Waals surface area contributed by atoms with Crippen molar-refractivity contribution in [3.8, 4) is 11.5 Å². The van der Waals surface area contributed by atoms with E-state index in [0.29, 0.717) is 35.0 Å². The van der Waals surface area contributed by atoms with Gasteiger partial charge in [-0.25, -0.2) is 0 Å². The van der Waals surface area contributed by atoms with E-state index in [4.69, 9.17) is 9.47 Å². The second-order valence-corrected chi connectivity index (χ2v) is 7.67. The lowest BCUT2D eigenvalue weighted by Gasteiger charge is -2.29. The van der Waals surface area contributed by atoms with Crippen LogP contribution >= 0.6 is 0 Å². The first-order valence-corrected chi connectivity index (χ1v) is 10.6. The lowest BCUT2D eigenvalue weighted by Crippen LogP contribution is -2.40. The van der Waals surface area contributed by atoms with Crippen molar-refractivity contribution >= 4 is 29.0 Å². The summed E-state index contributed by atoms with van der Waals surface area (Å²) < 4.78 is 11.2. The monoisotopic (exact) mass is 444 g/mol. The van der Waals surface area contributed by atoms with Crippen LogP contribution in [0.4, 0.5) is 11.4 Å². The average molecular weight is 444 g/mol. The summed E-state index contributed by atoms with van der Waals surface area (Å²) in [7, 11) is 0. The van der Waals surface area contributed by atoms with E-state index >= 15 is 0 Å². The fourth-order valence-electron chi connectivity index (χ4n) is 3.48. The van der Waals surface area contributed by atoms with Crippen LogP contribution in [0, 0.1) is 0 Å². The van der Waals surface area contributed by atoms with Gasteiger partial charge in [-0.3, -0.25) is 14.4 Å². The molecule has 3 aromatic rings. The van der Waals surface area contributed by atoms with Crippen molar-refractivity contribution in [3.05, 3.63) is 83.9 Å². The molecule has 4 rings (SSSR count). The Morgan fingerprint density at radius 1 is 1.03 bits per heavy atom. The number of rotatable bonds is 8. The number of ether oxygens (including phenoxy) is 2. The average Bonchev–Trinajstić information content (AvgIpc) is 2.83. The van der Waals surface area contributed by atoms with Crippen LogP contribution in [0.2, 0.25) is 0 Å². The summed E-state index contributed by atoms with van der Waals surface area (Å²) in [6, 6.07) is 22.0. The Labute approximate surface area is 191 Å². The number of carbonyl (C=O) groups excluding carboxylic acids is 3. The minimum absolute atomic E-state index is 0.0987. The van der Waals surface area contributed by atoms with E-state index in [9.17, 15) is 14.4 Å². The summed E-state index contributed by atoms with van der Waals surface area (Å²) in [4.78, 5) is 38.1. The molecule has 7 heteroatoms. The Morgan fingerprint density at radius 2 is 1.79 bits per heavy atom. The number of Topliss-reactive ketones (excluding diaryl/α,β-unsaturated/α-hetero) is 1. The molecule has 3 aromatic carbocycles. The van der Waals surface area contributed by atoms with Gasteiger partial charge in [0, 0.05) is 24.2 Å². The third-order valence-electron chi connectivity index (χ3n) is 5.26. The maximum atomic E-state index is 12.5.